The summed E-state index contributed by atoms with van der Waals surface area (Å²) in [7, 11) is 0. The van der Waals surface area contributed by atoms with Crippen LogP contribution in [0.5, 0.6) is 0 Å². The zero-order chi connectivity index (χ0) is 29.2. The van der Waals surface area contributed by atoms with Gasteiger partial charge in [0.2, 0.25) is 0 Å². The van der Waals surface area contributed by atoms with Crippen molar-refractivity contribution in [3.63, 3.8) is 0 Å². The third kappa shape index (κ3) is 5.47. The maximum atomic E-state index is 4.54. The fourth-order valence-electron chi connectivity index (χ4n) is 6.75. The van der Waals surface area contributed by atoms with Crippen LogP contribution >= 0.6 is 0 Å². The molecule has 0 N–H and O–H groups in total. The summed E-state index contributed by atoms with van der Waals surface area (Å²) in [6.45, 7) is 4.62. The molecule has 1 radical (unpaired) electrons. The molecule has 2 nitrogen and oxygen atoms in total. The van der Waals surface area contributed by atoms with Crippen LogP contribution in [0.15, 0.2) is 128 Å². The van der Waals surface area contributed by atoms with Crippen LogP contribution in [-0.2, 0) is 38.4 Å². The third-order valence-electron chi connectivity index (χ3n) is 9.18. The standard InChI is InChI=1S/C30H26N.C11H8N.Ir/c1-3-20(2)21-13-14-26-25-8-4-5-9-27(25)30(28(26)17-21)18-23-12-11-22(16-24(23)19-30)29-10-6-7-15-31-29;1-2-6-10(7-3-1)11-8-4-5-9-12-11;/h4-10,12-17,20H,3,18-19H2,1-2H3;1-6,8-9H;/q2*-1;. The van der Waals surface area contributed by atoms with E-state index in [1.165, 1.54) is 45.4 Å². The van der Waals surface area contributed by atoms with E-state index < -0.39 is 0 Å². The van der Waals surface area contributed by atoms with Crippen LogP contribution in [0.4, 0.5) is 0 Å². The van der Waals surface area contributed by atoms with Gasteiger partial charge in [0.05, 0.1) is 0 Å². The number of benzene rings is 4. The van der Waals surface area contributed by atoms with E-state index in [0.29, 0.717) is 5.92 Å². The van der Waals surface area contributed by atoms with Crippen molar-refractivity contribution in [1.82, 2.24) is 9.97 Å². The van der Waals surface area contributed by atoms with Crippen molar-refractivity contribution in [2.75, 3.05) is 0 Å². The molecule has 2 unspecified atom stereocenters. The molecule has 3 heteroatoms. The zero-order valence-corrected chi connectivity index (χ0v) is 27.4. The number of hydrogen-bond donors (Lipinski definition) is 0. The van der Waals surface area contributed by atoms with E-state index in [-0.39, 0.29) is 25.5 Å². The first-order valence-electron chi connectivity index (χ1n) is 15.2. The van der Waals surface area contributed by atoms with Gasteiger partial charge in [-0.25, -0.2) is 0 Å². The molecule has 1 spiro atoms. The van der Waals surface area contributed by atoms with Gasteiger partial charge in [0.15, 0.2) is 0 Å². The molecule has 0 fully saturated rings. The van der Waals surface area contributed by atoms with Crippen LogP contribution in [-0.4, -0.2) is 9.97 Å². The first kappa shape index (κ1) is 29.9. The molecular weight excluding hydrogens is 713 g/mol. The molecule has 0 saturated carbocycles. The molecule has 2 aliphatic rings. The first-order chi connectivity index (χ1) is 21.2. The Balaban J connectivity index is 0.000000222. The molecule has 8 rings (SSSR count). The average Bonchev–Trinajstić information content (AvgIpc) is 3.61. The van der Waals surface area contributed by atoms with Crippen LogP contribution in [0.2, 0.25) is 0 Å². The fourth-order valence-corrected chi connectivity index (χ4v) is 6.75. The molecule has 44 heavy (non-hydrogen) atoms. The molecule has 2 aromatic heterocycles. The van der Waals surface area contributed by atoms with E-state index in [0.717, 1.165) is 35.4 Å². The molecule has 6 aromatic rings. The Morgan fingerprint density at radius 1 is 0.682 bits per heavy atom. The van der Waals surface area contributed by atoms with E-state index in [1.807, 2.05) is 60.8 Å². The van der Waals surface area contributed by atoms with Crippen molar-refractivity contribution in [2.24, 2.45) is 0 Å². The molecule has 4 aromatic carbocycles. The Bertz CT molecular complexity index is 1830. The summed E-state index contributed by atoms with van der Waals surface area (Å²) >= 11 is 0. The maximum Gasteiger partial charge on any atom is 0.0201 e. The Morgan fingerprint density at radius 2 is 1.36 bits per heavy atom. The summed E-state index contributed by atoms with van der Waals surface area (Å²) in [6, 6.07) is 47.2. The van der Waals surface area contributed by atoms with Crippen LogP contribution in [0.1, 0.15) is 54.0 Å². The van der Waals surface area contributed by atoms with Crippen LogP contribution in [0.3, 0.4) is 0 Å². The maximum absolute atomic E-state index is 4.54. The molecule has 2 aliphatic carbocycles. The predicted molar refractivity (Wildman–Crippen MR) is 176 cm³/mol. The number of rotatable bonds is 4. The van der Waals surface area contributed by atoms with Crippen molar-refractivity contribution >= 4 is 0 Å². The van der Waals surface area contributed by atoms with Crippen LogP contribution in [0.25, 0.3) is 33.6 Å². The predicted octanol–water partition coefficient (Wildman–Crippen LogP) is 9.67. The van der Waals surface area contributed by atoms with Gasteiger partial charge < -0.3 is 9.97 Å². The monoisotopic (exact) mass is 747 g/mol. The summed E-state index contributed by atoms with van der Waals surface area (Å²) in [5, 5.41) is 0. The number of hydrogen-bond acceptors (Lipinski definition) is 2. The second-order valence-corrected chi connectivity index (χ2v) is 11.7. The second kappa shape index (κ2) is 12.8. The van der Waals surface area contributed by atoms with Gasteiger partial charge in [0.25, 0.3) is 0 Å². The van der Waals surface area contributed by atoms with Crippen LogP contribution in [0, 0.1) is 12.1 Å². The van der Waals surface area contributed by atoms with Gasteiger partial charge in [-0.2, -0.15) is 0 Å². The van der Waals surface area contributed by atoms with E-state index in [2.05, 4.69) is 96.6 Å². The summed E-state index contributed by atoms with van der Waals surface area (Å²) in [5.41, 5.74) is 14.3. The minimum atomic E-state index is 0. The van der Waals surface area contributed by atoms with Gasteiger partial charge in [-0.15, -0.1) is 70.8 Å². The quantitative estimate of drug-likeness (QED) is 0.168. The topological polar surface area (TPSA) is 25.8 Å². The summed E-state index contributed by atoms with van der Waals surface area (Å²) < 4.78 is 0. The molecule has 219 valence electrons. The summed E-state index contributed by atoms with van der Waals surface area (Å²) in [4.78, 5) is 8.76. The largest absolute Gasteiger partial charge is 0.305 e. The van der Waals surface area contributed by atoms with Crippen molar-refractivity contribution in [3.8, 4) is 33.6 Å². The van der Waals surface area contributed by atoms with Crippen molar-refractivity contribution in [2.45, 2.75) is 44.4 Å². The average molecular weight is 747 g/mol. The van der Waals surface area contributed by atoms with Crippen molar-refractivity contribution in [3.05, 3.63) is 168 Å². The summed E-state index contributed by atoms with van der Waals surface area (Å²) in [6.07, 6.45) is 6.91. The minimum Gasteiger partial charge on any atom is -0.305 e. The van der Waals surface area contributed by atoms with Crippen molar-refractivity contribution < 1.29 is 20.1 Å². The molecule has 0 aliphatic heterocycles. The van der Waals surface area contributed by atoms with E-state index in [1.54, 1.807) is 6.20 Å². The van der Waals surface area contributed by atoms with E-state index >= 15 is 0 Å². The van der Waals surface area contributed by atoms with Crippen LogP contribution < -0.4 is 0 Å². The Hall–Kier alpha value is -4.17. The van der Waals surface area contributed by atoms with E-state index in [4.69, 9.17) is 0 Å². The van der Waals surface area contributed by atoms with Gasteiger partial charge >= 0.3 is 0 Å². The molecule has 2 atom stereocenters. The first-order valence-corrected chi connectivity index (χ1v) is 15.2. The Labute approximate surface area is 274 Å². The van der Waals surface area contributed by atoms with Gasteiger partial charge in [-0.1, -0.05) is 80.6 Å². The van der Waals surface area contributed by atoms with Gasteiger partial charge in [-0.05, 0) is 76.5 Å². The molecule has 0 saturated heterocycles. The van der Waals surface area contributed by atoms with Crippen molar-refractivity contribution in [1.29, 1.82) is 0 Å². The molecular formula is C41H34IrN2-2. The van der Waals surface area contributed by atoms with Gasteiger partial charge in [-0.3, -0.25) is 0 Å². The van der Waals surface area contributed by atoms with Gasteiger partial charge in [0.1, 0.15) is 0 Å². The Kier molecular flexibility index (Phi) is 8.71. The van der Waals surface area contributed by atoms with E-state index in [9.17, 15) is 0 Å². The zero-order valence-electron chi connectivity index (χ0n) is 25.1. The Morgan fingerprint density at radius 3 is 2.07 bits per heavy atom. The summed E-state index contributed by atoms with van der Waals surface area (Å²) in [5.74, 6) is 0.582. The minimum absolute atomic E-state index is 0. The SMILES string of the molecule is CCC(C)c1ccc2c(c1)C1(Cc3c[c-]c(-c4ccccn4)cc3C1)c1ccccc1-2.[Ir].[c-]1ccccc1-c1ccccn1. The van der Waals surface area contributed by atoms with Gasteiger partial charge in [0, 0.05) is 37.9 Å². The third-order valence-corrected chi connectivity index (χ3v) is 9.18. The smallest absolute Gasteiger partial charge is 0.0201 e. The number of pyridine rings is 2. The number of fused-ring (bicyclic) bond motifs is 6. The number of aromatic nitrogens is 2. The fraction of sp³-hybridized carbons (Fsp3) is 0.171. The normalized spacial score (nSPS) is 16.1. The molecule has 0 amide bonds. The molecule has 0 bridgehead atoms. The number of nitrogens with zero attached hydrogens (tertiary/aromatic N) is 2. The molecule has 2 heterocycles. The second-order valence-electron chi connectivity index (χ2n) is 11.7.